The molecule has 0 spiro atoms. The maximum Gasteiger partial charge on any atom is 0.410 e. The number of nitrogens with one attached hydrogen (secondary N) is 1. The van der Waals surface area contributed by atoms with Crippen molar-refractivity contribution in [2.45, 2.75) is 19.9 Å². The van der Waals surface area contributed by atoms with Crippen molar-refractivity contribution < 1.29 is 19.5 Å². The van der Waals surface area contributed by atoms with E-state index in [9.17, 15) is 9.90 Å². The number of aryl methyl sites for hydroxylation is 1. The smallest absolute Gasteiger partial charge is 0.410 e. The molecule has 1 fully saturated rings. The highest BCUT2D eigenvalue weighted by molar-refractivity contribution is 7.17. The van der Waals surface area contributed by atoms with Crippen molar-refractivity contribution in [3.05, 3.63) is 46.6 Å². The Bertz CT molecular complexity index is 963. The predicted octanol–water partition coefficient (Wildman–Crippen LogP) is 1.25. The minimum Gasteiger partial charge on any atom is -0.492 e. The second-order valence-corrected chi connectivity index (χ2v) is 7.84. The summed E-state index contributed by atoms with van der Waals surface area (Å²) in [5.41, 5.74) is 1.12. The van der Waals surface area contributed by atoms with E-state index in [1.54, 1.807) is 4.90 Å². The average molecular weight is 403 g/mol. The third-order valence-corrected chi connectivity index (χ3v) is 6.13. The van der Waals surface area contributed by atoms with Crippen LogP contribution >= 0.6 is 11.3 Å². The number of carbonyl (C=O) groups excluding carboxylic acids is 1. The molecule has 0 aliphatic carbocycles. The van der Waals surface area contributed by atoms with Gasteiger partial charge in [-0.15, -0.1) is 5.10 Å². The Balaban J connectivity index is 1.65. The lowest BCUT2D eigenvalue weighted by Crippen LogP contribution is -3.15. The number of quaternary nitrogens is 1. The standard InChI is InChI=1S/C19H23N5O3S/c1-3-27-19(26)23-11-9-22(10-12-23)15(14-7-5-4-6-8-14)16-17(25)24-18(28-16)20-13(2)21-24/h4-8,15,25H,3,9-12H2,1-2H3/p+1/t15-/m0/s1. The van der Waals surface area contributed by atoms with E-state index in [2.05, 4.69) is 22.2 Å². The molecule has 8 nitrogen and oxygen atoms in total. The van der Waals surface area contributed by atoms with Gasteiger partial charge in [0.25, 0.3) is 0 Å². The molecule has 9 heteroatoms. The normalized spacial score (nSPS) is 16.4. The molecule has 1 saturated heterocycles. The Morgan fingerprint density at radius 1 is 1.32 bits per heavy atom. The summed E-state index contributed by atoms with van der Waals surface area (Å²) in [7, 11) is 0. The van der Waals surface area contributed by atoms with Crippen LogP contribution in [-0.2, 0) is 4.74 Å². The molecule has 3 aromatic rings. The zero-order valence-electron chi connectivity index (χ0n) is 16.0. The van der Waals surface area contributed by atoms with Crippen molar-refractivity contribution in [3.8, 4) is 5.88 Å². The van der Waals surface area contributed by atoms with E-state index in [1.165, 1.54) is 20.8 Å². The first-order valence-corrected chi connectivity index (χ1v) is 10.3. The number of ether oxygens (including phenoxy) is 1. The van der Waals surface area contributed by atoms with Gasteiger partial charge in [0.05, 0.1) is 32.8 Å². The summed E-state index contributed by atoms with van der Waals surface area (Å²) in [6.07, 6.45) is -0.255. The number of benzene rings is 1. The van der Waals surface area contributed by atoms with Gasteiger partial charge in [-0.05, 0) is 13.8 Å². The largest absolute Gasteiger partial charge is 0.492 e. The summed E-state index contributed by atoms with van der Waals surface area (Å²) < 4.78 is 6.64. The van der Waals surface area contributed by atoms with Crippen LogP contribution in [0.15, 0.2) is 30.3 Å². The van der Waals surface area contributed by atoms with Crippen molar-refractivity contribution in [2.75, 3.05) is 32.8 Å². The summed E-state index contributed by atoms with van der Waals surface area (Å²) in [6, 6.07) is 10.1. The number of fused-ring (bicyclic) bond motifs is 1. The quantitative estimate of drug-likeness (QED) is 0.686. The first kappa shape index (κ1) is 18.7. The molecule has 1 aliphatic rings. The number of amides is 1. The molecule has 28 heavy (non-hydrogen) atoms. The van der Waals surface area contributed by atoms with Crippen LogP contribution in [0.5, 0.6) is 5.88 Å². The molecule has 0 radical (unpaired) electrons. The van der Waals surface area contributed by atoms with E-state index >= 15 is 0 Å². The Hall–Kier alpha value is -2.65. The number of carbonyl (C=O) groups is 1. The maximum atomic E-state index is 12.0. The van der Waals surface area contributed by atoms with E-state index in [4.69, 9.17) is 4.74 Å². The second kappa shape index (κ2) is 7.76. The van der Waals surface area contributed by atoms with Gasteiger partial charge in [0.1, 0.15) is 10.7 Å². The third-order valence-electron chi connectivity index (χ3n) is 5.04. The number of aromatic nitrogens is 3. The zero-order chi connectivity index (χ0) is 19.7. The van der Waals surface area contributed by atoms with Crippen molar-refractivity contribution in [2.24, 2.45) is 0 Å². The lowest BCUT2D eigenvalue weighted by Gasteiger charge is -2.35. The number of thiazole rings is 1. The van der Waals surface area contributed by atoms with Crippen molar-refractivity contribution >= 4 is 22.4 Å². The van der Waals surface area contributed by atoms with E-state index in [1.807, 2.05) is 32.0 Å². The van der Waals surface area contributed by atoms with Crippen LogP contribution in [0.3, 0.4) is 0 Å². The molecule has 4 rings (SSSR count). The third kappa shape index (κ3) is 3.43. The summed E-state index contributed by atoms with van der Waals surface area (Å²) in [5.74, 6) is 0.787. The molecule has 148 valence electrons. The maximum absolute atomic E-state index is 12.0. The number of piperazine rings is 1. The van der Waals surface area contributed by atoms with E-state index < -0.39 is 0 Å². The number of aromatic hydroxyl groups is 1. The van der Waals surface area contributed by atoms with Crippen molar-refractivity contribution in [1.82, 2.24) is 19.5 Å². The van der Waals surface area contributed by atoms with Gasteiger partial charge in [0.2, 0.25) is 10.8 Å². The van der Waals surface area contributed by atoms with Gasteiger partial charge in [-0.2, -0.15) is 4.52 Å². The fraction of sp³-hybridized carbons (Fsp3) is 0.421. The van der Waals surface area contributed by atoms with Gasteiger partial charge >= 0.3 is 6.09 Å². The highest BCUT2D eigenvalue weighted by Crippen LogP contribution is 2.35. The van der Waals surface area contributed by atoms with Crippen LogP contribution in [0.25, 0.3) is 4.96 Å². The number of rotatable bonds is 4. The summed E-state index contributed by atoms with van der Waals surface area (Å²) in [5, 5.41) is 15.1. The topological polar surface area (TPSA) is 84.4 Å². The first-order chi connectivity index (χ1) is 13.6. The number of hydrogen-bond acceptors (Lipinski definition) is 6. The molecule has 1 aliphatic heterocycles. The molecule has 2 N–H and O–H groups in total. The molecule has 1 amide bonds. The van der Waals surface area contributed by atoms with Crippen molar-refractivity contribution in [1.29, 1.82) is 0 Å². The van der Waals surface area contributed by atoms with Crippen LogP contribution in [-0.4, -0.2) is 63.5 Å². The van der Waals surface area contributed by atoms with Crippen LogP contribution < -0.4 is 4.90 Å². The monoisotopic (exact) mass is 402 g/mol. The van der Waals surface area contributed by atoms with Crippen LogP contribution in [0.4, 0.5) is 4.79 Å². The average Bonchev–Trinajstić information content (AvgIpc) is 3.21. The van der Waals surface area contributed by atoms with Gasteiger partial charge in [-0.1, -0.05) is 41.7 Å². The van der Waals surface area contributed by atoms with E-state index in [-0.39, 0.29) is 18.0 Å². The van der Waals surface area contributed by atoms with Gasteiger partial charge < -0.3 is 14.7 Å². The Kier molecular flexibility index (Phi) is 5.19. The molecule has 0 unspecified atom stereocenters. The minimum absolute atomic E-state index is 0.0423. The molecule has 1 aromatic carbocycles. The minimum atomic E-state index is -0.255. The fourth-order valence-electron chi connectivity index (χ4n) is 3.73. The summed E-state index contributed by atoms with van der Waals surface area (Å²) in [6.45, 7) is 6.79. The fourth-order valence-corrected chi connectivity index (χ4v) is 4.92. The van der Waals surface area contributed by atoms with Gasteiger partial charge in [0.15, 0.2) is 6.04 Å². The molecule has 0 saturated carbocycles. The summed E-state index contributed by atoms with van der Waals surface area (Å²) >= 11 is 1.47. The molecule has 0 bridgehead atoms. The predicted molar refractivity (Wildman–Crippen MR) is 105 cm³/mol. The zero-order valence-corrected chi connectivity index (χ0v) is 16.8. The molecule has 2 aromatic heterocycles. The van der Waals surface area contributed by atoms with Crippen LogP contribution in [0.2, 0.25) is 0 Å². The first-order valence-electron chi connectivity index (χ1n) is 9.44. The molecule has 1 atom stereocenters. The number of hydrogen-bond donors (Lipinski definition) is 2. The van der Waals surface area contributed by atoms with Gasteiger partial charge in [0, 0.05) is 5.56 Å². The van der Waals surface area contributed by atoms with E-state index in [0.717, 1.165) is 23.5 Å². The Labute approximate surface area is 167 Å². The van der Waals surface area contributed by atoms with Crippen molar-refractivity contribution in [3.63, 3.8) is 0 Å². The highest BCUT2D eigenvalue weighted by Gasteiger charge is 2.36. The number of nitrogens with zero attached hydrogens (tertiary/aromatic N) is 4. The Morgan fingerprint density at radius 2 is 2.04 bits per heavy atom. The molecular weight excluding hydrogens is 378 g/mol. The SMILES string of the molecule is CCOC(=O)N1CC[NH+]([C@@H](c2ccccc2)c2sc3nc(C)nn3c2O)CC1. The summed E-state index contributed by atoms with van der Waals surface area (Å²) in [4.78, 5) is 21.0. The second-order valence-electron chi connectivity index (χ2n) is 6.83. The Morgan fingerprint density at radius 3 is 2.68 bits per heavy atom. The van der Waals surface area contributed by atoms with E-state index in [0.29, 0.717) is 30.5 Å². The van der Waals surface area contributed by atoms with Crippen LogP contribution in [0, 0.1) is 6.92 Å². The van der Waals surface area contributed by atoms with Gasteiger partial charge in [-0.3, -0.25) is 4.90 Å². The lowest BCUT2D eigenvalue weighted by atomic mass is 10.0. The molecule has 3 heterocycles. The lowest BCUT2D eigenvalue weighted by molar-refractivity contribution is -0.929. The van der Waals surface area contributed by atoms with Crippen LogP contribution in [0.1, 0.15) is 29.2 Å². The van der Waals surface area contributed by atoms with Gasteiger partial charge in [-0.25, -0.2) is 9.78 Å². The highest BCUT2D eigenvalue weighted by atomic mass is 32.1. The molecular formula is C19H24N5O3S+.